The molecule has 0 bridgehead atoms. The molecule has 0 spiro atoms. The van der Waals surface area contributed by atoms with Crippen molar-refractivity contribution in [3.63, 3.8) is 0 Å². The molecule has 0 radical (unpaired) electrons. The Morgan fingerprint density at radius 3 is 2.17 bits per heavy atom. The van der Waals surface area contributed by atoms with Gasteiger partial charge in [-0.25, -0.2) is 8.78 Å². The number of carbonyl (C=O) groups is 1. The minimum atomic E-state index is -4.90. The van der Waals surface area contributed by atoms with Crippen LogP contribution in [0.2, 0.25) is 0 Å². The maximum atomic E-state index is 14.7. The average molecular weight is 511 g/mol. The molecule has 192 valence electrons. The first-order valence-electron chi connectivity index (χ1n) is 10.9. The van der Waals surface area contributed by atoms with Gasteiger partial charge < -0.3 is 15.2 Å². The highest BCUT2D eigenvalue weighted by molar-refractivity contribution is 5.78. The number of ether oxygens (including phenoxy) is 1. The number of aliphatic hydroxyl groups excluding tert-OH is 1. The van der Waals surface area contributed by atoms with Crippen LogP contribution in [-0.2, 0) is 16.8 Å². The fourth-order valence-electron chi connectivity index (χ4n) is 3.82. The van der Waals surface area contributed by atoms with Crippen molar-refractivity contribution in [3.8, 4) is 5.75 Å². The predicted octanol–water partition coefficient (Wildman–Crippen LogP) is 5.57. The minimum absolute atomic E-state index is 0.0703. The van der Waals surface area contributed by atoms with Gasteiger partial charge in [-0.15, -0.1) is 0 Å². The van der Waals surface area contributed by atoms with E-state index in [-0.39, 0.29) is 24.0 Å². The lowest BCUT2D eigenvalue weighted by molar-refractivity contribution is -0.253. The van der Waals surface area contributed by atoms with E-state index >= 15 is 0 Å². The number of hydrogen-bond donors (Lipinski definition) is 2. The lowest BCUT2D eigenvalue weighted by Gasteiger charge is -2.37. The van der Waals surface area contributed by atoms with E-state index in [1.165, 1.54) is 19.1 Å². The maximum absolute atomic E-state index is 14.7. The molecule has 0 saturated carbocycles. The van der Waals surface area contributed by atoms with Crippen molar-refractivity contribution in [2.75, 3.05) is 0 Å². The van der Waals surface area contributed by atoms with Crippen LogP contribution in [0.15, 0.2) is 72.8 Å². The van der Waals surface area contributed by atoms with Crippen LogP contribution in [-0.4, -0.2) is 29.7 Å². The van der Waals surface area contributed by atoms with Gasteiger partial charge in [0.15, 0.2) is 0 Å². The van der Waals surface area contributed by atoms with Crippen LogP contribution in [0.1, 0.15) is 30.0 Å². The van der Waals surface area contributed by atoms with E-state index in [2.05, 4.69) is 10.1 Å². The van der Waals surface area contributed by atoms with Crippen molar-refractivity contribution >= 4 is 5.91 Å². The Labute approximate surface area is 203 Å². The molecule has 0 fully saturated rings. The summed E-state index contributed by atoms with van der Waals surface area (Å²) in [6.07, 6.45) is -10.6. The SMILES string of the molecule is CC(O)CC(=O)NC(Cc1ccccc1)(c1ccc(F)cc1)c1cc(F)cc(OC(F)(F)C(F)F)c1. The monoisotopic (exact) mass is 511 g/mol. The standard InChI is InChI=1S/C26H23F6NO3/c1-16(34)11-23(35)33-25(15-17-5-3-2-4-6-17,18-7-9-20(27)10-8-18)19-12-21(28)14-22(13-19)36-26(31,32)24(29)30/h2-10,12-14,16,24,34H,11,15H2,1H3,(H,33,35). The second-order valence-electron chi connectivity index (χ2n) is 8.32. The number of nitrogens with one attached hydrogen (secondary N) is 1. The van der Waals surface area contributed by atoms with Gasteiger partial charge in [-0.05, 0) is 47.9 Å². The van der Waals surface area contributed by atoms with Crippen molar-refractivity contribution in [3.05, 3.63) is 101 Å². The third kappa shape index (κ3) is 6.57. The van der Waals surface area contributed by atoms with Crippen LogP contribution in [0.25, 0.3) is 0 Å². The van der Waals surface area contributed by atoms with Crippen molar-refractivity contribution < 1.29 is 41.0 Å². The van der Waals surface area contributed by atoms with Crippen LogP contribution in [0, 0.1) is 11.6 Å². The molecule has 36 heavy (non-hydrogen) atoms. The first-order valence-corrected chi connectivity index (χ1v) is 10.9. The molecule has 4 nitrogen and oxygen atoms in total. The number of alkyl halides is 4. The fraction of sp³-hybridized carbons (Fsp3) is 0.269. The summed E-state index contributed by atoms with van der Waals surface area (Å²) in [5.41, 5.74) is -0.967. The minimum Gasteiger partial charge on any atom is -0.428 e. The van der Waals surface area contributed by atoms with Crippen LogP contribution in [0.4, 0.5) is 26.3 Å². The highest BCUT2D eigenvalue weighted by Crippen LogP contribution is 2.38. The Bertz CT molecular complexity index is 1170. The first kappa shape index (κ1) is 27.1. The summed E-state index contributed by atoms with van der Waals surface area (Å²) in [5, 5.41) is 12.4. The van der Waals surface area contributed by atoms with Gasteiger partial charge in [0.25, 0.3) is 0 Å². The van der Waals surface area contributed by atoms with E-state index < -0.39 is 47.5 Å². The van der Waals surface area contributed by atoms with Crippen LogP contribution in [0.5, 0.6) is 5.75 Å². The number of aliphatic hydroxyl groups is 1. The van der Waals surface area contributed by atoms with E-state index in [0.717, 1.165) is 24.3 Å². The summed E-state index contributed by atoms with van der Waals surface area (Å²) in [5.74, 6) is -3.30. The summed E-state index contributed by atoms with van der Waals surface area (Å²) < 4.78 is 85.3. The summed E-state index contributed by atoms with van der Waals surface area (Å²) in [4.78, 5) is 12.9. The third-order valence-electron chi connectivity index (χ3n) is 5.35. The molecule has 0 aliphatic carbocycles. The molecule has 2 atom stereocenters. The molecule has 2 N–H and O–H groups in total. The molecule has 0 saturated heterocycles. The van der Waals surface area contributed by atoms with E-state index in [1.807, 2.05) is 0 Å². The predicted molar refractivity (Wildman–Crippen MR) is 120 cm³/mol. The van der Waals surface area contributed by atoms with Crippen molar-refractivity contribution in [2.24, 2.45) is 0 Å². The first-order chi connectivity index (χ1) is 16.9. The van der Waals surface area contributed by atoms with Gasteiger partial charge in [0.2, 0.25) is 5.91 Å². The van der Waals surface area contributed by atoms with Gasteiger partial charge in [0.05, 0.1) is 18.1 Å². The summed E-state index contributed by atoms with van der Waals surface area (Å²) in [6.45, 7) is 1.37. The number of amides is 1. The quantitative estimate of drug-likeness (QED) is 0.350. The Kier molecular flexibility index (Phi) is 8.29. The molecule has 10 heteroatoms. The summed E-state index contributed by atoms with van der Waals surface area (Å²) in [6, 6.07) is 15.7. The Morgan fingerprint density at radius 2 is 1.58 bits per heavy atom. The Hall–Kier alpha value is -3.53. The zero-order valence-corrected chi connectivity index (χ0v) is 19.0. The van der Waals surface area contributed by atoms with Crippen molar-refractivity contribution in [1.29, 1.82) is 0 Å². The molecule has 2 unspecified atom stereocenters. The Morgan fingerprint density at radius 1 is 0.944 bits per heavy atom. The average Bonchev–Trinajstić information content (AvgIpc) is 2.78. The fourth-order valence-corrected chi connectivity index (χ4v) is 3.82. The largest absolute Gasteiger partial charge is 0.461 e. The van der Waals surface area contributed by atoms with Crippen molar-refractivity contribution in [2.45, 2.75) is 43.9 Å². The molecule has 0 aliphatic heterocycles. The molecular weight excluding hydrogens is 488 g/mol. The summed E-state index contributed by atoms with van der Waals surface area (Å²) in [7, 11) is 0. The zero-order chi connectivity index (χ0) is 26.5. The van der Waals surface area contributed by atoms with Gasteiger partial charge in [-0.1, -0.05) is 42.5 Å². The van der Waals surface area contributed by atoms with Crippen molar-refractivity contribution in [1.82, 2.24) is 5.32 Å². The van der Waals surface area contributed by atoms with Gasteiger partial charge in [0.1, 0.15) is 17.4 Å². The van der Waals surface area contributed by atoms with Gasteiger partial charge >= 0.3 is 12.5 Å². The van der Waals surface area contributed by atoms with E-state index in [9.17, 15) is 36.2 Å². The maximum Gasteiger partial charge on any atom is 0.461 e. The number of rotatable bonds is 10. The van der Waals surface area contributed by atoms with E-state index in [4.69, 9.17) is 0 Å². The second-order valence-corrected chi connectivity index (χ2v) is 8.32. The van der Waals surface area contributed by atoms with Gasteiger partial charge in [-0.3, -0.25) is 4.79 Å². The lowest BCUT2D eigenvalue weighted by atomic mass is 9.77. The van der Waals surface area contributed by atoms with Crippen LogP contribution >= 0.6 is 0 Å². The lowest BCUT2D eigenvalue weighted by Crippen LogP contribution is -2.49. The highest BCUT2D eigenvalue weighted by Gasteiger charge is 2.45. The Balaban J connectivity index is 2.25. The molecule has 0 aliphatic rings. The smallest absolute Gasteiger partial charge is 0.428 e. The topological polar surface area (TPSA) is 58.6 Å². The van der Waals surface area contributed by atoms with E-state index in [1.54, 1.807) is 30.3 Å². The molecule has 3 aromatic carbocycles. The number of halogens is 6. The molecular formula is C26H23F6NO3. The van der Waals surface area contributed by atoms with Gasteiger partial charge in [0, 0.05) is 12.5 Å². The van der Waals surface area contributed by atoms with Crippen LogP contribution in [0.3, 0.4) is 0 Å². The second kappa shape index (κ2) is 11.0. The number of carbonyl (C=O) groups excluding carboxylic acids is 1. The third-order valence-corrected chi connectivity index (χ3v) is 5.35. The summed E-state index contributed by atoms with van der Waals surface area (Å²) >= 11 is 0. The molecule has 3 aromatic rings. The number of hydrogen-bond acceptors (Lipinski definition) is 3. The molecule has 1 amide bonds. The van der Waals surface area contributed by atoms with E-state index in [0.29, 0.717) is 11.6 Å². The normalized spacial score (nSPS) is 14.2. The zero-order valence-electron chi connectivity index (χ0n) is 19.0. The molecule has 3 rings (SSSR count). The van der Waals surface area contributed by atoms with Crippen LogP contribution < -0.4 is 10.1 Å². The molecule has 0 heterocycles. The highest BCUT2D eigenvalue weighted by atomic mass is 19.3. The molecule has 0 aromatic heterocycles. The van der Waals surface area contributed by atoms with Gasteiger partial charge in [-0.2, -0.15) is 17.6 Å². The number of benzene rings is 3.